The molecule has 0 aliphatic carbocycles. The van der Waals surface area contributed by atoms with E-state index >= 15 is 0 Å². The van der Waals surface area contributed by atoms with Crippen molar-refractivity contribution in [2.45, 2.75) is 6.54 Å². The number of nitrogen functional groups attached to an aromatic ring is 1. The third-order valence-electron chi connectivity index (χ3n) is 3.03. The summed E-state index contributed by atoms with van der Waals surface area (Å²) < 4.78 is 1.93. The first-order valence-electron chi connectivity index (χ1n) is 5.80. The zero-order valence-electron chi connectivity index (χ0n) is 9.98. The number of hydrogen-bond acceptors (Lipinski definition) is 2. The second-order valence-electron chi connectivity index (χ2n) is 4.28. The average molecular weight is 292 g/mol. The van der Waals surface area contributed by atoms with E-state index < -0.39 is 0 Å². The van der Waals surface area contributed by atoms with Gasteiger partial charge in [0.05, 0.1) is 17.6 Å². The summed E-state index contributed by atoms with van der Waals surface area (Å²) in [6.45, 7) is 0.572. The lowest BCUT2D eigenvalue weighted by Crippen LogP contribution is -2.04. The summed E-state index contributed by atoms with van der Waals surface area (Å²) in [6.07, 6.45) is 0. The Morgan fingerprint density at radius 2 is 1.89 bits per heavy atom. The van der Waals surface area contributed by atoms with Crippen LogP contribution in [0.2, 0.25) is 10.0 Å². The second-order valence-corrected chi connectivity index (χ2v) is 5.12. The summed E-state index contributed by atoms with van der Waals surface area (Å²) >= 11 is 12.1. The molecule has 0 atom stereocenters. The summed E-state index contributed by atoms with van der Waals surface area (Å²) in [7, 11) is 0. The van der Waals surface area contributed by atoms with Crippen molar-refractivity contribution in [2.75, 3.05) is 5.73 Å². The number of nitrogens with two attached hydrogens (primary N) is 1. The first-order valence-corrected chi connectivity index (χ1v) is 6.55. The minimum atomic E-state index is 0.479. The molecule has 3 rings (SSSR count). The molecule has 0 spiro atoms. The van der Waals surface area contributed by atoms with Crippen molar-refractivity contribution in [1.82, 2.24) is 9.55 Å². The van der Waals surface area contributed by atoms with Gasteiger partial charge in [-0.15, -0.1) is 0 Å². The Bertz CT molecular complexity index is 750. The average Bonchev–Trinajstić information content (AvgIpc) is 2.69. The van der Waals surface area contributed by atoms with E-state index in [1.807, 2.05) is 41.0 Å². The molecule has 0 saturated carbocycles. The van der Waals surface area contributed by atoms with Crippen LogP contribution in [0.15, 0.2) is 42.5 Å². The van der Waals surface area contributed by atoms with Crippen LogP contribution >= 0.6 is 23.2 Å². The fourth-order valence-electron chi connectivity index (χ4n) is 2.08. The Kier molecular flexibility index (Phi) is 3.09. The molecule has 0 aliphatic heterocycles. The smallest absolute Gasteiger partial charge is 0.201 e. The van der Waals surface area contributed by atoms with Gasteiger partial charge in [0.15, 0.2) is 0 Å². The van der Waals surface area contributed by atoms with Gasteiger partial charge in [-0.1, -0.05) is 41.4 Å². The van der Waals surface area contributed by atoms with Gasteiger partial charge in [0.25, 0.3) is 0 Å². The Hall–Kier alpha value is -1.71. The van der Waals surface area contributed by atoms with E-state index in [-0.39, 0.29) is 0 Å². The maximum atomic E-state index is 6.19. The predicted octanol–water partition coefficient (Wildman–Crippen LogP) is 3.97. The summed E-state index contributed by atoms with van der Waals surface area (Å²) in [5.41, 5.74) is 8.79. The third kappa shape index (κ3) is 2.27. The standard InChI is InChI=1S/C14H11Cl2N3/c15-10-6-5-9(11(16)7-10)8-19-13-4-2-1-3-12(13)18-14(19)17/h1-7H,8H2,(H2,17,18). The molecule has 96 valence electrons. The summed E-state index contributed by atoms with van der Waals surface area (Å²) in [5, 5.41) is 1.25. The molecule has 0 fully saturated rings. The SMILES string of the molecule is Nc1nc2ccccc2n1Cc1ccc(Cl)cc1Cl. The molecule has 0 aliphatic rings. The highest BCUT2D eigenvalue weighted by molar-refractivity contribution is 6.35. The number of hydrogen-bond donors (Lipinski definition) is 1. The highest BCUT2D eigenvalue weighted by Gasteiger charge is 2.09. The minimum absolute atomic E-state index is 0.479. The van der Waals surface area contributed by atoms with Crippen LogP contribution in [-0.4, -0.2) is 9.55 Å². The number of imidazole rings is 1. The van der Waals surface area contributed by atoms with Crippen molar-refractivity contribution in [3.63, 3.8) is 0 Å². The van der Waals surface area contributed by atoms with Crippen molar-refractivity contribution < 1.29 is 0 Å². The Morgan fingerprint density at radius 3 is 2.68 bits per heavy atom. The number of benzene rings is 2. The van der Waals surface area contributed by atoms with Gasteiger partial charge in [0.1, 0.15) is 0 Å². The number of rotatable bonds is 2. The molecule has 3 nitrogen and oxygen atoms in total. The molecule has 2 N–H and O–H groups in total. The summed E-state index contributed by atoms with van der Waals surface area (Å²) in [6, 6.07) is 13.3. The van der Waals surface area contributed by atoms with E-state index in [1.54, 1.807) is 6.07 Å². The molecule has 19 heavy (non-hydrogen) atoms. The summed E-state index contributed by atoms with van der Waals surface area (Å²) in [4.78, 5) is 4.33. The van der Waals surface area contributed by atoms with Crippen molar-refractivity contribution in [1.29, 1.82) is 0 Å². The number of nitrogens with zero attached hydrogens (tertiary/aromatic N) is 2. The largest absolute Gasteiger partial charge is 0.369 e. The van der Waals surface area contributed by atoms with Crippen LogP contribution in [0.3, 0.4) is 0 Å². The first-order chi connectivity index (χ1) is 9.15. The normalized spacial score (nSPS) is 11.1. The molecule has 0 amide bonds. The lowest BCUT2D eigenvalue weighted by atomic mass is 10.2. The fraction of sp³-hybridized carbons (Fsp3) is 0.0714. The maximum absolute atomic E-state index is 6.19. The van der Waals surface area contributed by atoms with Crippen molar-refractivity contribution >= 4 is 40.2 Å². The van der Waals surface area contributed by atoms with Gasteiger partial charge >= 0.3 is 0 Å². The topological polar surface area (TPSA) is 43.8 Å². The number of anilines is 1. The Balaban J connectivity index is 2.08. The van der Waals surface area contributed by atoms with Crippen LogP contribution in [0.4, 0.5) is 5.95 Å². The summed E-state index contributed by atoms with van der Waals surface area (Å²) in [5.74, 6) is 0.479. The van der Waals surface area contributed by atoms with Gasteiger partial charge in [-0.25, -0.2) is 4.98 Å². The lowest BCUT2D eigenvalue weighted by Gasteiger charge is -2.08. The molecule has 0 radical (unpaired) electrons. The maximum Gasteiger partial charge on any atom is 0.201 e. The van der Waals surface area contributed by atoms with Gasteiger partial charge in [0, 0.05) is 10.0 Å². The zero-order valence-corrected chi connectivity index (χ0v) is 11.5. The van der Waals surface area contributed by atoms with Crippen molar-refractivity contribution in [2.24, 2.45) is 0 Å². The van der Waals surface area contributed by atoms with Crippen LogP contribution in [0.5, 0.6) is 0 Å². The number of para-hydroxylation sites is 2. The van der Waals surface area contributed by atoms with E-state index in [9.17, 15) is 0 Å². The second kappa shape index (κ2) is 4.76. The van der Waals surface area contributed by atoms with Crippen molar-refractivity contribution in [3.8, 4) is 0 Å². The Labute approximate surface area is 120 Å². The highest BCUT2D eigenvalue weighted by atomic mass is 35.5. The number of halogens is 2. The fourth-order valence-corrected chi connectivity index (χ4v) is 2.55. The Morgan fingerprint density at radius 1 is 1.11 bits per heavy atom. The van der Waals surface area contributed by atoms with Crippen molar-refractivity contribution in [3.05, 3.63) is 58.1 Å². The quantitative estimate of drug-likeness (QED) is 0.776. The zero-order chi connectivity index (χ0) is 13.4. The predicted molar refractivity (Wildman–Crippen MR) is 79.7 cm³/mol. The third-order valence-corrected chi connectivity index (χ3v) is 3.61. The minimum Gasteiger partial charge on any atom is -0.369 e. The van der Waals surface area contributed by atoms with Crippen LogP contribution in [-0.2, 0) is 6.54 Å². The van der Waals surface area contributed by atoms with Crippen LogP contribution in [0.25, 0.3) is 11.0 Å². The van der Waals surface area contributed by atoms with E-state index in [2.05, 4.69) is 4.98 Å². The molecular formula is C14H11Cl2N3. The number of fused-ring (bicyclic) bond motifs is 1. The van der Waals surface area contributed by atoms with E-state index in [4.69, 9.17) is 28.9 Å². The highest BCUT2D eigenvalue weighted by Crippen LogP contribution is 2.25. The van der Waals surface area contributed by atoms with Crippen LogP contribution < -0.4 is 5.73 Å². The number of aromatic nitrogens is 2. The van der Waals surface area contributed by atoms with Crippen LogP contribution in [0, 0.1) is 0 Å². The molecule has 0 saturated heterocycles. The molecule has 1 aromatic heterocycles. The molecule has 5 heteroatoms. The molecule has 1 heterocycles. The van der Waals surface area contributed by atoms with Gasteiger partial charge < -0.3 is 10.3 Å². The van der Waals surface area contributed by atoms with Gasteiger partial charge in [-0.2, -0.15) is 0 Å². The van der Waals surface area contributed by atoms with E-state index in [0.29, 0.717) is 22.5 Å². The molecule has 2 aromatic carbocycles. The molecule has 0 unspecified atom stereocenters. The van der Waals surface area contributed by atoms with Crippen LogP contribution in [0.1, 0.15) is 5.56 Å². The van der Waals surface area contributed by atoms with Gasteiger partial charge in [-0.3, -0.25) is 0 Å². The molecular weight excluding hydrogens is 281 g/mol. The molecule has 0 bridgehead atoms. The van der Waals surface area contributed by atoms with Gasteiger partial charge in [0.2, 0.25) is 5.95 Å². The molecule has 3 aromatic rings. The monoisotopic (exact) mass is 291 g/mol. The van der Waals surface area contributed by atoms with Gasteiger partial charge in [-0.05, 0) is 29.8 Å². The lowest BCUT2D eigenvalue weighted by molar-refractivity contribution is 0.839. The first kappa shape index (κ1) is 12.3. The van der Waals surface area contributed by atoms with E-state index in [0.717, 1.165) is 16.6 Å². The van der Waals surface area contributed by atoms with E-state index in [1.165, 1.54) is 0 Å².